The Morgan fingerprint density at radius 3 is 2.60 bits per heavy atom. The monoisotopic (exact) mass is 603 g/mol. The summed E-state index contributed by atoms with van der Waals surface area (Å²) >= 11 is 7.87. The van der Waals surface area contributed by atoms with Crippen LogP contribution in [0, 0.1) is 0 Å². The number of para-hydroxylation sites is 1. The minimum absolute atomic E-state index is 0.233. The molecule has 5 rings (SSSR count). The second-order valence-electron chi connectivity index (χ2n) is 9.77. The topological polar surface area (TPSA) is 90.3 Å². The van der Waals surface area contributed by atoms with E-state index in [1.165, 1.54) is 11.8 Å². The Bertz CT molecular complexity index is 1570. The third kappa shape index (κ3) is 6.74. The van der Waals surface area contributed by atoms with Crippen molar-refractivity contribution >= 4 is 40.9 Å². The van der Waals surface area contributed by atoms with Crippen LogP contribution in [0.4, 0.5) is 11.6 Å². The van der Waals surface area contributed by atoms with Crippen LogP contribution in [0.5, 0.6) is 11.5 Å². The summed E-state index contributed by atoms with van der Waals surface area (Å²) in [4.78, 5) is 18.6. The van der Waals surface area contributed by atoms with E-state index in [4.69, 9.17) is 31.2 Å². The molecular weight excluding hydrogens is 570 g/mol. The van der Waals surface area contributed by atoms with Gasteiger partial charge >= 0.3 is 0 Å². The van der Waals surface area contributed by atoms with Crippen molar-refractivity contribution in [2.24, 2.45) is 0 Å². The molecule has 0 spiro atoms. The summed E-state index contributed by atoms with van der Waals surface area (Å²) in [6.45, 7) is 7.03. The first-order valence-corrected chi connectivity index (χ1v) is 15.4. The Morgan fingerprint density at radius 2 is 1.83 bits per heavy atom. The second-order valence-corrected chi connectivity index (χ2v) is 11.1. The van der Waals surface area contributed by atoms with Gasteiger partial charge in [0.15, 0.2) is 11.5 Å². The van der Waals surface area contributed by atoms with Gasteiger partial charge in [-0.3, -0.25) is 4.79 Å². The Hall–Kier alpha value is -3.95. The lowest BCUT2D eigenvalue weighted by Gasteiger charge is -2.29. The quantitative estimate of drug-likeness (QED) is 0.126. The van der Waals surface area contributed by atoms with Crippen molar-refractivity contribution in [3.63, 3.8) is 0 Å². The number of aromatic nitrogens is 3. The summed E-state index contributed by atoms with van der Waals surface area (Å²) in [7, 11) is 0. The van der Waals surface area contributed by atoms with Gasteiger partial charge in [-0.2, -0.15) is 4.98 Å². The molecular formula is C32H34ClN5O3S. The number of anilines is 2. The van der Waals surface area contributed by atoms with Gasteiger partial charge in [0.1, 0.15) is 6.04 Å². The lowest BCUT2D eigenvalue weighted by Crippen LogP contribution is -2.31. The minimum Gasteiger partial charge on any atom is -0.490 e. The van der Waals surface area contributed by atoms with Crippen LogP contribution in [0.2, 0.25) is 5.02 Å². The highest BCUT2D eigenvalue weighted by Gasteiger charge is 2.35. The fourth-order valence-electron chi connectivity index (χ4n) is 4.68. The van der Waals surface area contributed by atoms with E-state index in [0.29, 0.717) is 63.6 Å². The molecule has 0 bridgehead atoms. The van der Waals surface area contributed by atoms with Crippen LogP contribution in [0.1, 0.15) is 50.8 Å². The molecule has 0 radical (unpaired) electrons. The van der Waals surface area contributed by atoms with Gasteiger partial charge in [0.05, 0.1) is 18.8 Å². The third-order valence-corrected chi connectivity index (χ3v) is 8.02. The number of hydrogen-bond acceptors (Lipinski definition) is 7. The van der Waals surface area contributed by atoms with Crippen molar-refractivity contribution in [2.75, 3.05) is 23.8 Å². The number of thioether (sulfide) groups is 1. The zero-order chi connectivity index (χ0) is 29.5. The number of rotatable bonds is 12. The molecule has 2 heterocycles. The van der Waals surface area contributed by atoms with E-state index < -0.39 is 6.04 Å². The van der Waals surface area contributed by atoms with Gasteiger partial charge in [0, 0.05) is 22.2 Å². The Labute approximate surface area is 255 Å². The molecule has 8 nitrogen and oxygen atoms in total. The highest BCUT2D eigenvalue weighted by Crippen LogP contribution is 2.40. The van der Waals surface area contributed by atoms with Crippen LogP contribution < -0.4 is 20.1 Å². The molecule has 0 saturated heterocycles. The first-order chi connectivity index (χ1) is 20.5. The molecule has 3 aromatic carbocycles. The lowest BCUT2D eigenvalue weighted by molar-refractivity contribution is -0.113. The number of allylic oxidation sites excluding steroid dienone is 1. The SMILES string of the molecule is CCCCOc1ccc(C2C(C(=O)Nc3ccccc3)=C(C)Nc3nc(SCc4ccccc4Cl)nn32)cc1OCC. The second kappa shape index (κ2) is 13.8. The summed E-state index contributed by atoms with van der Waals surface area (Å²) in [6, 6.07) is 22.4. The maximum atomic E-state index is 13.8. The summed E-state index contributed by atoms with van der Waals surface area (Å²) in [6.07, 6.45) is 1.98. The molecule has 1 atom stereocenters. The summed E-state index contributed by atoms with van der Waals surface area (Å²) in [5.74, 6) is 2.23. The predicted molar refractivity (Wildman–Crippen MR) is 169 cm³/mol. The largest absolute Gasteiger partial charge is 0.490 e. The lowest BCUT2D eigenvalue weighted by atomic mass is 9.94. The number of nitrogens with zero attached hydrogens (tertiary/aromatic N) is 3. The van der Waals surface area contributed by atoms with Crippen LogP contribution in [-0.2, 0) is 10.5 Å². The number of ether oxygens (including phenoxy) is 2. The van der Waals surface area contributed by atoms with E-state index in [1.807, 2.05) is 86.6 Å². The average molecular weight is 604 g/mol. The van der Waals surface area contributed by atoms with Crippen LogP contribution in [0.15, 0.2) is 89.2 Å². The van der Waals surface area contributed by atoms with E-state index in [9.17, 15) is 4.79 Å². The van der Waals surface area contributed by atoms with Gasteiger partial charge < -0.3 is 20.1 Å². The summed E-state index contributed by atoms with van der Waals surface area (Å²) in [5.41, 5.74) is 3.75. The van der Waals surface area contributed by atoms with E-state index >= 15 is 0 Å². The predicted octanol–water partition coefficient (Wildman–Crippen LogP) is 7.73. The first kappa shape index (κ1) is 29.5. The van der Waals surface area contributed by atoms with Gasteiger partial charge in [-0.1, -0.05) is 79.2 Å². The minimum atomic E-state index is -0.559. The van der Waals surface area contributed by atoms with Crippen molar-refractivity contribution in [1.29, 1.82) is 0 Å². The maximum Gasteiger partial charge on any atom is 0.255 e. The van der Waals surface area contributed by atoms with Crippen molar-refractivity contribution < 1.29 is 14.3 Å². The van der Waals surface area contributed by atoms with E-state index in [2.05, 4.69) is 17.6 Å². The summed E-state index contributed by atoms with van der Waals surface area (Å²) in [5, 5.41) is 12.5. The molecule has 4 aromatic rings. The number of hydrogen-bond donors (Lipinski definition) is 2. The number of fused-ring (bicyclic) bond motifs is 1. The standard InChI is InChI=1S/C32H34ClN5O3S/c1-4-6-18-41-26-17-16-22(19-27(26)40-5-2)29-28(30(39)35-24-13-8-7-9-14-24)21(3)34-31-36-32(37-38(29)31)42-20-23-12-10-11-15-25(23)33/h7-17,19,29H,4-6,18,20H2,1-3H3,(H,35,39)(H,34,36,37). The molecule has 0 saturated carbocycles. The molecule has 0 fully saturated rings. The number of unbranched alkanes of at least 4 members (excludes halogenated alkanes) is 1. The van der Waals surface area contributed by atoms with Gasteiger partial charge in [0.25, 0.3) is 5.91 Å². The molecule has 1 amide bonds. The molecule has 1 aliphatic heterocycles. The van der Waals surface area contributed by atoms with E-state index in [1.54, 1.807) is 4.68 Å². The van der Waals surface area contributed by atoms with Gasteiger partial charge in [-0.25, -0.2) is 4.68 Å². The normalized spacial score (nSPS) is 14.2. The summed E-state index contributed by atoms with van der Waals surface area (Å²) < 4.78 is 13.8. The van der Waals surface area contributed by atoms with Crippen LogP contribution in [0.25, 0.3) is 0 Å². The number of halogens is 1. The third-order valence-electron chi connectivity index (χ3n) is 6.76. The number of amides is 1. The Kier molecular flexibility index (Phi) is 9.71. The van der Waals surface area contributed by atoms with E-state index in [-0.39, 0.29) is 5.91 Å². The molecule has 1 aliphatic rings. The Morgan fingerprint density at radius 1 is 1.05 bits per heavy atom. The highest BCUT2D eigenvalue weighted by atomic mass is 35.5. The molecule has 0 aliphatic carbocycles. The van der Waals surface area contributed by atoms with E-state index in [0.717, 1.165) is 24.0 Å². The maximum absolute atomic E-state index is 13.8. The van der Waals surface area contributed by atoms with Crippen molar-refractivity contribution in [2.45, 2.75) is 50.6 Å². The smallest absolute Gasteiger partial charge is 0.255 e. The average Bonchev–Trinajstić information content (AvgIpc) is 3.39. The van der Waals surface area contributed by atoms with Gasteiger partial charge in [-0.05, 0) is 61.7 Å². The Balaban J connectivity index is 1.52. The molecule has 42 heavy (non-hydrogen) atoms. The zero-order valence-corrected chi connectivity index (χ0v) is 25.5. The number of carbonyl (C=O) groups is 1. The zero-order valence-electron chi connectivity index (χ0n) is 23.9. The van der Waals surface area contributed by atoms with Crippen molar-refractivity contribution in [3.05, 3.63) is 100 Å². The molecule has 1 unspecified atom stereocenters. The number of carbonyl (C=O) groups excluding carboxylic acids is 1. The van der Waals surface area contributed by atoms with Crippen molar-refractivity contribution in [3.8, 4) is 11.5 Å². The fraction of sp³-hybridized carbons (Fsp3) is 0.281. The van der Waals surface area contributed by atoms with Gasteiger partial charge in [0.2, 0.25) is 11.1 Å². The van der Waals surface area contributed by atoms with Crippen LogP contribution in [-0.4, -0.2) is 33.9 Å². The van der Waals surface area contributed by atoms with Crippen molar-refractivity contribution in [1.82, 2.24) is 14.8 Å². The molecule has 218 valence electrons. The number of benzene rings is 3. The molecule has 1 aromatic heterocycles. The van der Waals surface area contributed by atoms with Crippen LogP contribution in [0.3, 0.4) is 0 Å². The molecule has 2 N–H and O–H groups in total. The fourth-order valence-corrected chi connectivity index (χ4v) is 5.80. The first-order valence-electron chi connectivity index (χ1n) is 14.0. The van der Waals surface area contributed by atoms with Gasteiger partial charge in [-0.15, -0.1) is 5.10 Å². The van der Waals surface area contributed by atoms with Crippen LogP contribution >= 0.6 is 23.4 Å². The number of nitrogens with one attached hydrogen (secondary N) is 2. The highest BCUT2D eigenvalue weighted by molar-refractivity contribution is 7.98. The molecule has 10 heteroatoms.